The van der Waals surface area contributed by atoms with Crippen LogP contribution in [0.5, 0.6) is 0 Å². The molecule has 43 heavy (non-hydrogen) atoms. The van der Waals surface area contributed by atoms with Gasteiger partial charge in [-0.15, -0.1) is 0 Å². The van der Waals surface area contributed by atoms with Crippen molar-refractivity contribution in [3.63, 3.8) is 0 Å². The zero-order valence-corrected chi connectivity index (χ0v) is 25.7. The molecule has 0 aromatic rings. The van der Waals surface area contributed by atoms with E-state index in [0.29, 0.717) is 30.9 Å². The molecule has 0 aromatic heterocycles. The first-order chi connectivity index (χ1) is 20.8. The number of ether oxygens (including phenoxy) is 2. The summed E-state index contributed by atoms with van der Waals surface area (Å²) in [4.78, 5) is 14.6. The number of nitrogens with zero attached hydrogens (tertiary/aromatic N) is 1. The molecule has 0 aromatic carbocycles. The van der Waals surface area contributed by atoms with Gasteiger partial charge in [-0.05, 0) is 81.9 Å². The molecule has 0 saturated carbocycles. The number of aliphatic hydroxyl groups excluding tert-OH is 2. The number of hydrogen-bond donors (Lipinski definition) is 6. The van der Waals surface area contributed by atoms with Gasteiger partial charge in [0.15, 0.2) is 6.29 Å². The Morgan fingerprint density at radius 3 is 2.70 bits per heavy atom. The minimum atomic E-state index is -1.11. The van der Waals surface area contributed by atoms with Gasteiger partial charge in [-0.25, -0.2) is 9.18 Å². The molecular formula is C32H52FN5O5. The Kier molecular flexibility index (Phi) is 11.5. The Labute approximate surface area is 255 Å². The van der Waals surface area contributed by atoms with E-state index in [1.54, 1.807) is 0 Å². The lowest BCUT2D eigenvalue weighted by Crippen LogP contribution is -2.47. The van der Waals surface area contributed by atoms with E-state index in [0.717, 1.165) is 70.3 Å². The number of nitrogens with one attached hydrogen (secondary N) is 4. The van der Waals surface area contributed by atoms with E-state index < -0.39 is 18.7 Å². The highest BCUT2D eigenvalue weighted by Gasteiger charge is 2.38. The van der Waals surface area contributed by atoms with Crippen LogP contribution in [-0.4, -0.2) is 90.9 Å². The van der Waals surface area contributed by atoms with Gasteiger partial charge in [0.2, 0.25) is 0 Å². The first kappa shape index (κ1) is 32.4. The number of allylic oxidation sites excluding steroid dienone is 3. The smallest absolute Gasteiger partial charge is 0.323 e. The van der Waals surface area contributed by atoms with Crippen molar-refractivity contribution in [3.05, 3.63) is 35.8 Å². The molecule has 2 amide bonds. The van der Waals surface area contributed by atoms with Gasteiger partial charge in [-0.3, -0.25) is 4.90 Å². The third-order valence-electron chi connectivity index (χ3n) is 9.98. The minimum absolute atomic E-state index is 0.0106. The topological polar surface area (TPSA) is 127 Å². The van der Waals surface area contributed by atoms with Crippen LogP contribution in [0.2, 0.25) is 0 Å². The predicted molar refractivity (Wildman–Crippen MR) is 162 cm³/mol. The number of piperidine rings is 1. The molecule has 0 bridgehead atoms. The minimum Gasteiger partial charge on any atom is -0.387 e. The van der Waals surface area contributed by atoms with Gasteiger partial charge in [0.05, 0.1) is 12.2 Å². The fourth-order valence-electron chi connectivity index (χ4n) is 7.31. The number of rotatable bonds is 10. The highest BCUT2D eigenvalue weighted by atomic mass is 19.1. The molecule has 9 atom stereocenters. The molecular weight excluding hydrogens is 553 g/mol. The molecule has 5 rings (SSSR count). The Morgan fingerprint density at radius 2 is 1.95 bits per heavy atom. The monoisotopic (exact) mass is 605 g/mol. The van der Waals surface area contributed by atoms with Crippen molar-refractivity contribution in [2.24, 2.45) is 17.8 Å². The number of amides is 2. The number of alkyl halides is 1. The van der Waals surface area contributed by atoms with Crippen LogP contribution in [-0.2, 0) is 9.47 Å². The quantitative estimate of drug-likeness (QED) is 0.210. The van der Waals surface area contributed by atoms with Crippen LogP contribution in [0.4, 0.5) is 9.18 Å². The zero-order chi connectivity index (χ0) is 30.3. The summed E-state index contributed by atoms with van der Waals surface area (Å²) in [6.07, 6.45) is 13.6. The number of methoxy groups -OCH3 is 1. The van der Waals surface area contributed by atoms with E-state index in [1.165, 1.54) is 7.11 Å². The molecule has 3 heterocycles. The van der Waals surface area contributed by atoms with Crippen molar-refractivity contribution in [1.29, 1.82) is 0 Å². The summed E-state index contributed by atoms with van der Waals surface area (Å²) in [5.41, 5.74) is 1.23. The second-order valence-electron chi connectivity index (χ2n) is 13.2. The molecule has 0 unspecified atom stereocenters. The number of urea groups is 1. The van der Waals surface area contributed by atoms with Crippen LogP contribution >= 0.6 is 0 Å². The van der Waals surface area contributed by atoms with E-state index in [-0.39, 0.29) is 42.2 Å². The molecule has 3 aliphatic heterocycles. The summed E-state index contributed by atoms with van der Waals surface area (Å²) < 4.78 is 25.6. The van der Waals surface area contributed by atoms with Crippen LogP contribution in [0.3, 0.4) is 0 Å². The van der Waals surface area contributed by atoms with Crippen molar-refractivity contribution >= 4 is 6.03 Å². The van der Waals surface area contributed by atoms with Crippen LogP contribution in [0.15, 0.2) is 35.8 Å². The number of aliphatic hydroxyl groups is 2. The molecule has 0 spiro atoms. The van der Waals surface area contributed by atoms with Crippen LogP contribution < -0.4 is 21.3 Å². The summed E-state index contributed by atoms with van der Waals surface area (Å²) in [6.45, 7) is 4.51. The molecule has 10 nitrogen and oxygen atoms in total. The third-order valence-corrected chi connectivity index (χ3v) is 9.98. The molecule has 11 heteroatoms. The molecule has 5 aliphatic rings. The largest absolute Gasteiger partial charge is 0.387 e. The summed E-state index contributed by atoms with van der Waals surface area (Å²) in [5, 5.41) is 33.7. The average molecular weight is 606 g/mol. The number of carbonyl (C=O) groups is 1. The summed E-state index contributed by atoms with van der Waals surface area (Å²) in [6, 6.07) is 0.109. The highest BCUT2D eigenvalue weighted by molar-refractivity contribution is 5.77. The molecule has 242 valence electrons. The normalized spacial score (nSPS) is 35.4. The van der Waals surface area contributed by atoms with Crippen LogP contribution in [0.1, 0.15) is 71.1 Å². The first-order valence-corrected chi connectivity index (χ1v) is 16.3. The van der Waals surface area contributed by atoms with E-state index in [2.05, 4.69) is 32.2 Å². The molecule has 0 radical (unpaired) electrons. The number of hydrogen-bond acceptors (Lipinski definition) is 8. The second kappa shape index (κ2) is 15.3. The fraction of sp³-hybridized carbons (Fsp3) is 0.781. The lowest BCUT2D eigenvalue weighted by molar-refractivity contribution is -0.0983. The average Bonchev–Trinajstić information content (AvgIpc) is 3.51. The van der Waals surface area contributed by atoms with Gasteiger partial charge in [0.25, 0.3) is 0 Å². The van der Waals surface area contributed by atoms with Crippen LogP contribution in [0.25, 0.3) is 0 Å². The maximum absolute atomic E-state index is 14.2. The van der Waals surface area contributed by atoms with E-state index >= 15 is 0 Å². The predicted octanol–water partition coefficient (Wildman–Crippen LogP) is 3.00. The molecule has 2 aliphatic carbocycles. The van der Waals surface area contributed by atoms with Gasteiger partial charge in [-0.1, -0.05) is 19.1 Å². The number of likely N-dealkylation sites (tertiary alicyclic amines) is 1. The standard InChI is InChI=1S/C32H52FN5O5/c1-20-3-8-26(33)27(15-20)37-32(41)36-23-4-6-24(7-5-23)43-25-9-12-34-29(18-25)28-17-22(19-35-28)31(40)38-13-10-21(11-14-38)16-30(39)42-2/h4,9,12,15,20-22,24-26,28-31,34-35,39-40H,3,5-8,10-11,13-14,16-19H2,1-2H3,(H2,36,37,41)/t20-,22-,24-,25-,26+,28-,29+,30+,31-/m1/s1. The summed E-state index contributed by atoms with van der Waals surface area (Å²) >= 11 is 0. The van der Waals surface area contributed by atoms with Gasteiger partial charge < -0.3 is 41.0 Å². The van der Waals surface area contributed by atoms with E-state index in [1.807, 2.05) is 25.3 Å². The van der Waals surface area contributed by atoms with Gasteiger partial charge in [0.1, 0.15) is 12.4 Å². The fourth-order valence-corrected chi connectivity index (χ4v) is 7.31. The zero-order valence-electron chi connectivity index (χ0n) is 25.7. The Balaban J connectivity index is 1.02. The Morgan fingerprint density at radius 1 is 1.14 bits per heavy atom. The van der Waals surface area contributed by atoms with Crippen molar-refractivity contribution in [1.82, 2.24) is 26.2 Å². The van der Waals surface area contributed by atoms with Crippen molar-refractivity contribution < 1.29 is 28.9 Å². The maximum Gasteiger partial charge on any atom is 0.323 e. The summed E-state index contributed by atoms with van der Waals surface area (Å²) in [5.74, 6) is 0.883. The highest BCUT2D eigenvalue weighted by Crippen LogP contribution is 2.30. The molecule has 6 N–H and O–H groups in total. The lowest BCUT2D eigenvalue weighted by Gasteiger charge is -2.38. The van der Waals surface area contributed by atoms with Gasteiger partial charge >= 0.3 is 6.03 Å². The molecule has 2 fully saturated rings. The molecule has 2 saturated heterocycles. The van der Waals surface area contributed by atoms with Crippen molar-refractivity contribution in [2.45, 2.75) is 114 Å². The first-order valence-electron chi connectivity index (χ1n) is 16.3. The van der Waals surface area contributed by atoms with Crippen molar-refractivity contribution in [2.75, 3.05) is 26.7 Å². The second-order valence-corrected chi connectivity index (χ2v) is 13.2. The maximum atomic E-state index is 14.2. The third kappa shape index (κ3) is 9.02. The van der Waals surface area contributed by atoms with Gasteiger partial charge in [0, 0.05) is 62.6 Å². The van der Waals surface area contributed by atoms with Crippen molar-refractivity contribution in [3.8, 4) is 0 Å². The van der Waals surface area contributed by atoms with Gasteiger partial charge in [-0.2, -0.15) is 0 Å². The lowest BCUT2D eigenvalue weighted by atomic mass is 9.90. The van der Waals surface area contributed by atoms with Crippen LogP contribution in [0, 0.1) is 17.8 Å². The van der Waals surface area contributed by atoms with E-state index in [4.69, 9.17) is 9.47 Å². The Hall–Kier alpha value is -2.02. The summed E-state index contributed by atoms with van der Waals surface area (Å²) in [7, 11) is 1.53. The number of halogens is 1. The Bertz CT molecular complexity index is 1020. The SMILES string of the molecule is CO[C@H](O)CC1CCN([C@H](O)[C@H]2CN[C@@H]([C@@H]3C[C@H](O[C@@H]4CC=C(NC(=O)NC5=C[C@H](C)CC[C@@H]5F)CC4)C=CN3)C2)CC1. The number of carbonyl (C=O) groups excluding carboxylic acids is 1. The van der Waals surface area contributed by atoms with E-state index in [9.17, 15) is 19.4 Å².